The van der Waals surface area contributed by atoms with E-state index in [0.717, 1.165) is 19.2 Å². The van der Waals surface area contributed by atoms with Gasteiger partial charge in [0, 0.05) is 11.6 Å². The molecule has 0 unspecified atom stereocenters. The minimum absolute atomic E-state index is 0.214. The zero-order valence-corrected chi connectivity index (χ0v) is 12.2. The highest BCUT2D eigenvalue weighted by Crippen LogP contribution is 2.20. The SMILES string of the molecule is COC(=O)[C@@H](NC(=O)OC(C)(C)C)c1ccc(F)cc1F. The van der Waals surface area contributed by atoms with Gasteiger partial charge in [0.2, 0.25) is 0 Å². The Morgan fingerprint density at radius 3 is 2.33 bits per heavy atom. The first-order chi connectivity index (χ1) is 9.64. The summed E-state index contributed by atoms with van der Waals surface area (Å²) < 4.78 is 36.2. The van der Waals surface area contributed by atoms with Gasteiger partial charge in [-0.15, -0.1) is 0 Å². The maximum atomic E-state index is 13.7. The van der Waals surface area contributed by atoms with E-state index in [-0.39, 0.29) is 5.56 Å². The molecule has 1 amide bonds. The van der Waals surface area contributed by atoms with Crippen LogP contribution in [0.2, 0.25) is 0 Å². The van der Waals surface area contributed by atoms with Gasteiger partial charge in [-0.3, -0.25) is 0 Å². The van der Waals surface area contributed by atoms with Gasteiger partial charge in [0.05, 0.1) is 7.11 Å². The molecule has 1 rings (SSSR count). The van der Waals surface area contributed by atoms with Crippen LogP contribution >= 0.6 is 0 Å². The predicted molar refractivity (Wildman–Crippen MR) is 70.5 cm³/mol. The van der Waals surface area contributed by atoms with Gasteiger partial charge in [0.25, 0.3) is 0 Å². The molecule has 5 nitrogen and oxygen atoms in total. The van der Waals surface area contributed by atoms with E-state index < -0.39 is 35.3 Å². The molecule has 0 bridgehead atoms. The van der Waals surface area contributed by atoms with E-state index in [1.807, 2.05) is 0 Å². The molecule has 0 saturated heterocycles. The van der Waals surface area contributed by atoms with Crippen molar-refractivity contribution in [2.75, 3.05) is 7.11 Å². The molecule has 116 valence electrons. The second kappa shape index (κ2) is 6.51. The fourth-order valence-electron chi connectivity index (χ4n) is 1.54. The number of ether oxygens (including phenoxy) is 2. The number of carbonyl (C=O) groups is 2. The molecule has 21 heavy (non-hydrogen) atoms. The minimum atomic E-state index is -1.43. The first-order valence-electron chi connectivity index (χ1n) is 6.16. The van der Waals surface area contributed by atoms with Crippen molar-refractivity contribution in [3.63, 3.8) is 0 Å². The second-order valence-electron chi connectivity index (χ2n) is 5.27. The average molecular weight is 301 g/mol. The van der Waals surface area contributed by atoms with Crippen molar-refractivity contribution in [3.05, 3.63) is 35.4 Å². The summed E-state index contributed by atoms with van der Waals surface area (Å²) in [5, 5.41) is 2.20. The topological polar surface area (TPSA) is 64.6 Å². The highest BCUT2D eigenvalue weighted by Gasteiger charge is 2.28. The molecule has 7 heteroatoms. The molecule has 1 aromatic carbocycles. The van der Waals surface area contributed by atoms with E-state index in [1.165, 1.54) is 0 Å². The number of nitrogens with one attached hydrogen (secondary N) is 1. The third-order valence-electron chi connectivity index (χ3n) is 2.37. The van der Waals surface area contributed by atoms with Crippen molar-refractivity contribution in [1.29, 1.82) is 0 Å². The molecular weight excluding hydrogens is 284 g/mol. The first kappa shape index (κ1) is 16.9. The van der Waals surface area contributed by atoms with Gasteiger partial charge < -0.3 is 14.8 Å². The molecule has 0 radical (unpaired) electrons. The number of hydrogen-bond acceptors (Lipinski definition) is 4. The first-order valence-corrected chi connectivity index (χ1v) is 6.16. The minimum Gasteiger partial charge on any atom is -0.467 e. The molecule has 0 saturated carbocycles. The third kappa shape index (κ3) is 5.02. The van der Waals surface area contributed by atoms with Gasteiger partial charge >= 0.3 is 12.1 Å². The van der Waals surface area contributed by atoms with E-state index in [9.17, 15) is 18.4 Å². The molecule has 0 fully saturated rings. The highest BCUT2D eigenvalue weighted by atomic mass is 19.1. The van der Waals surface area contributed by atoms with Crippen molar-refractivity contribution in [3.8, 4) is 0 Å². The van der Waals surface area contributed by atoms with Crippen molar-refractivity contribution in [1.82, 2.24) is 5.32 Å². The Hall–Kier alpha value is -2.18. The van der Waals surface area contributed by atoms with Gasteiger partial charge in [-0.2, -0.15) is 0 Å². The van der Waals surface area contributed by atoms with Crippen LogP contribution in [0.25, 0.3) is 0 Å². The van der Waals surface area contributed by atoms with Gasteiger partial charge in [0.15, 0.2) is 6.04 Å². The van der Waals surface area contributed by atoms with Crippen molar-refractivity contribution < 1.29 is 27.8 Å². The van der Waals surface area contributed by atoms with Crippen LogP contribution in [0, 0.1) is 11.6 Å². The Morgan fingerprint density at radius 2 is 1.86 bits per heavy atom. The molecule has 1 aromatic rings. The van der Waals surface area contributed by atoms with Gasteiger partial charge in [-0.1, -0.05) is 6.07 Å². The largest absolute Gasteiger partial charge is 0.467 e. The van der Waals surface area contributed by atoms with Gasteiger partial charge in [-0.25, -0.2) is 18.4 Å². The maximum Gasteiger partial charge on any atom is 0.408 e. The molecular formula is C14H17F2NO4. The summed E-state index contributed by atoms with van der Waals surface area (Å²) in [7, 11) is 1.09. The number of amides is 1. The number of methoxy groups -OCH3 is 1. The molecule has 0 aliphatic carbocycles. The predicted octanol–water partition coefficient (Wildman–Crippen LogP) is 2.70. The lowest BCUT2D eigenvalue weighted by Crippen LogP contribution is -2.38. The second-order valence-corrected chi connectivity index (χ2v) is 5.27. The van der Waals surface area contributed by atoms with E-state index in [1.54, 1.807) is 20.8 Å². The summed E-state index contributed by atoms with van der Waals surface area (Å²) in [4.78, 5) is 23.4. The Labute approximate surface area is 121 Å². The van der Waals surface area contributed by atoms with Crippen LogP contribution < -0.4 is 5.32 Å². The van der Waals surface area contributed by atoms with Gasteiger partial charge in [-0.05, 0) is 26.8 Å². The zero-order chi connectivity index (χ0) is 16.2. The van der Waals surface area contributed by atoms with Crippen LogP contribution in [0.4, 0.5) is 13.6 Å². The Morgan fingerprint density at radius 1 is 1.24 bits per heavy atom. The molecule has 0 aliphatic heterocycles. The number of carbonyl (C=O) groups excluding carboxylic acids is 2. The number of hydrogen-bond donors (Lipinski definition) is 1. The fourth-order valence-corrected chi connectivity index (χ4v) is 1.54. The Bertz CT molecular complexity index is 540. The lowest BCUT2D eigenvalue weighted by atomic mass is 10.1. The van der Waals surface area contributed by atoms with Crippen LogP contribution in [-0.2, 0) is 14.3 Å². The summed E-state index contributed by atoms with van der Waals surface area (Å²) in [5.41, 5.74) is -0.999. The normalized spacial score (nSPS) is 12.5. The number of benzene rings is 1. The van der Waals surface area contributed by atoms with Crippen molar-refractivity contribution in [2.24, 2.45) is 0 Å². The number of esters is 1. The summed E-state index contributed by atoms with van der Waals surface area (Å²) in [6.07, 6.45) is -0.915. The van der Waals surface area contributed by atoms with Crippen LogP contribution in [0.3, 0.4) is 0 Å². The average Bonchev–Trinajstić information content (AvgIpc) is 2.33. The Balaban J connectivity index is 3.01. The van der Waals surface area contributed by atoms with E-state index in [4.69, 9.17) is 4.74 Å². The van der Waals surface area contributed by atoms with Crippen LogP contribution in [-0.4, -0.2) is 24.8 Å². The van der Waals surface area contributed by atoms with Crippen molar-refractivity contribution >= 4 is 12.1 Å². The quantitative estimate of drug-likeness (QED) is 0.872. The van der Waals surface area contributed by atoms with E-state index >= 15 is 0 Å². The van der Waals surface area contributed by atoms with Crippen LogP contribution in [0.15, 0.2) is 18.2 Å². The van der Waals surface area contributed by atoms with Crippen molar-refractivity contribution in [2.45, 2.75) is 32.4 Å². The monoisotopic (exact) mass is 301 g/mol. The summed E-state index contributed by atoms with van der Waals surface area (Å²) in [6.45, 7) is 4.91. The molecule has 0 aromatic heterocycles. The molecule has 0 heterocycles. The summed E-state index contributed by atoms with van der Waals surface area (Å²) in [6, 6.07) is 1.22. The Kier molecular flexibility index (Phi) is 5.23. The third-order valence-corrected chi connectivity index (χ3v) is 2.37. The van der Waals surface area contributed by atoms with E-state index in [0.29, 0.717) is 6.07 Å². The number of halogens is 2. The molecule has 0 spiro atoms. The van der Waals surface area contributed by atoms with E-state index in [2.05, 4.69) is 10.1 Å². The fraction of sp³-hybridized carbons (Fsp3) is 0.429. The van der Waals surface area contributed by atoms with Crippen LogP contribution in [0.1, 0.15) is 32.4 Å². The highest BCUT2D eigenvalue weighted by molar-refractivity contribution is 5.82. The molecule has 1 atom stereocenters. The summed E-state index contributed by atoms with van der Waals surface area (Å²) >= 11 is 0. The number of rotatable bonds is 3. The smallest absolute Gasteiger partial charge is 0.408 e. The maximum absolute atomic E-state index is 13.7. The summed E-state index contributed by atoms with van der Waals surface area (Å²) in [5.74, 6) is -2.66. The standard InChI is InChI=1S/C14H17F2NO4/c1-14(2,3)21-13(19)17-11(12(18)20-4)9-6-5-8(15)7-10(9)16/h5-7,11H,1-4H3,(H,17,19)/t11-/m0/s1. The molecule has 0 aliphatic rings. The lowest BCUT2D eigenvalue weighted by Gasteiger charge is -2.23. The molecule has 1 N–H and O–H groups in total. The lowest BCUT2D eigenvalue weighted by molar-refractivity contribution is -0.143. The van der Waals surface area contributed by atoms with Gasteiger partial charge in [0.1, 0.15) is 17.2 Å². The number of alkyl carbamates (subject to hydrolysis) is 1. The van der Waals surface area contributed by atoms with Crippen LogP contribution in [0.5, 0.6) is 0 Å². The zero-order valence-electron chi connectivity index (χ0n) is 12.2.